The zero-order valence-corrected chi connectivity index (χ0v) is 13.9. The average Bonchev–Trinajstić information content (AvgIpc) is 2.49. The molecule has 1 heterocycles. The van der Waals surface area contributed by atoms with E-state index in [4.69, 9.17) is 0 Å². The van der Waals surface area contributed by atoms with Crippen molar-refractivity contribution in [2.75, 3.05) is 0 Å². The van der Waals surface area contributed by atoms with Crippen LogP contribution in [-0.2, 0) is 0 Å². The Morgan fingerprint density at radius 2 is 1.57 bits per heavy atom. The molecule has 21 heavy (non-hydrogen) atoms. The fraction of sp³-hybridized carbons (Fsp3) is 0.947. The summed E-state index contributed by atoms with van der Waals surface area (Å²) < 4.78 is 14.7. The first kappa shape index (κ1) is 15.8. The molecule has 2 heteroatoms. The van der Waals surface area contributed by atoms with E-state index in [1.807, 2.05) is 0 Å². The highest BCUT2D eigenvalue weighted by molar-refractivity contribution is 4.95. The minimum Gasteiger partial charge on any atom is -0.284 e. The van der Waals surface area contributed by atoms with Crippen molar-refractivity contribution in [3.8, 4) is 0 Å². The molecule has 1 aliphatic heterocycles. The van der Waals surface area contributed by atoms with Crippen molar-refractivity contribution < 1.29 is 4.39 Å². The zero-order valence-electron chi connectivity index (χ0n) is 13.9. The second-order valence-electron chi connectivity index (χ2n) is 8.25. The SMILES string of the molecule is CC1C[CH]C(C2CCC(C3CCC(C)CC3)NC2F)CC1. The molecule has 5 unspecified atom stereocenters. The van der Waals surface area contributed by atoms with E-state index in [0.717, 1.165) is 24.2 Å². The lowest BCUT2D eigenvalue weighted by Gasteiger charge is -2.43. The minimum absolute atomic E-state index is 0.247. The summed E-state index contributed by atoms with van der Waals surface area (Å²) >= 11 is 0. The van der Waals surface area contributed by atoms with Crippen LogP contribution in [-0.4, -0.2) is 12.3 Å². The Morgan fingerprint density at radius 3 is 2.19 bits per heavy atom. The summed E-state index contributed by atoms with van der Waals surface area (Å²) in [7, 11) is 0. The van der Waals surface area contributed by atoms with Crippen LogP contribution in [0.25, 0.3) is 0 Å². The molecule has 0 aromatic carbocycles. The van der Waals surface area contributed by atoms with Gasteiger partial charge in [-0.05, 0) is 68.6 Å². The first-order valence-electron chi connectivity index (χ1n) is 9.37. The molecule has 3 rings (SSSR count). The lowest BCUT2D eigenvalue weighted by atomic mass is 9.70. The van der Waals surface area contributed by atoms with Crippen LogP contribution in [0, 0.1) is 36.0 Å². The normalized spacial score (nSPS) is 49.0. The van der Waals surface area contributed by atoms with Crippen molar-refractivity contribution in [3.05, 3.63) is 6.42 Å². The number of piperidine rings is 1. The van der Waals surface area contributed by atoms with Gasteiger partial charge in [-0.25, -0.2) is 4.39 Å². The number of hydrogen-bond acceptors (Lipinski definition) is 1. The van der Waals surface area contributed by atoms with Crippen LogP contribution >= 0.6 is 0 Å². The highest BCUT2D eigenvalue weighted by Crippen LogP contribution is 2.41. The smallest absolute Gasteiger partial charge is 0.154 e. The lowest BCUT2D eigenvalue weighted by Crippen LogP contribution is -2.51. The van der Waals surface area contributed by atoms with Gasteiger partial charge < -0.3 is 0 Å². The maximum atomic E-state index is 14.7. The molecule has 0 spiro atoms. The van der Waals surface area contributed by atoms with E-state index >= 15 is 0 Å². The summed E-state index contributed by atoms with van der Waals surface area (Å²) in [5.74, 6) is 3.20. The Bertz CT molecular complexity index is 316. The number of rotatable bonds is 2. The molecule has 1 N–H and O–H groups in total. The Balaban J connectivity index is 1.50. The summed E-state index contributed by atoms with van der Waals surface area (Å²) in [6.07, 6.45) is 12.9. The number of nitrogens with one attached hydrogen (secondary N) is 1. The van der Waals surface area contributed by atoms with E-state index in [1.54, 1.807) is 0 Å². The third kappa shape index (κ3) is 3.81. The monoisotopic (exact) mass is 294 g/mol. The Hall–Kier alpha value is -0.110. The van der Waals surface area contributed by atoms with E-state index in [-0.39, 0.29) is 5.92 Å². The molecule has 1 saturated heterocycles. The summed E-state index contributed by atoms with van der Waals surface area (Å²) in [5.41, 5.74) is 0. The highest BCUT2D eigenvalue weighted by Gasteiger charge is 2.39. The predicted molar refractivity (Wildman–Crippen MR) is 86.5 cm³/mol. The van der Waals surface area contributed by atoms with Crippen LogP contribution in [0.15, 0.2) is 0 Å². The molecule has 3 aliphatic rings. The van der Waals surface area contributed by atoms with Crippen LogP contribution in [0.5, 0.6) is 0 Å². The van der Waals surface area contributed by atoms with Crippen molar-refractivity contribution in [1.82, 2.24) is 5.32 Å². The van der Waals surface area contributed by atoms with Crippen LogP contribution in [0.2, 0.25) is 0 Å². The Kier molecular flexibility index (Phi) is 5.24. The second-order valence-corrected chi connectivity index (χ2v) is 8.25. The fourth-order valence-electron chi connectivity index (χ4n) is 4.93. The molecule has 121 valence electrons. The first-order valence-corrected chi connectivity index (χ1v) is 9.37. The largest absolute Gasteiger partial charge is 0.284 e. The molecular formula is C19H33FN. The molecule has 1 radical (unpaired) electrons. The van der Waals surface area contributed by atoms with Crippen molar-refractivity contribution in [2.24, 2.45) is 29.6 Å². The van der Waals surface area contributed by atoms with Crippen molar-refractivity contribution >= 4 is 0 Å². The maximum absolute atomic E-state index is 14.7. The average molecular weight is 294 g/mol. The van der Waals surface area contributed by atoms with Gasteiger partial charge in [0.25, 0.3) is 0 Å². The van der Waals surface area contributed by atoms with Gasteiger partial charge in [0.15, 0.2) is 6.30 Å². The van der Waals surface area contributed by atoms with Gasteiger partial charge in [0, 0.05) is 12.0 Å². The van der Waals surface area contributed by atoms with E-state index < -0.39 is 6.30 Å². The van der Waals surface area contributed by atoms with Gasteiger partial charge in [-0.1, -0.05) is 33.1 Å². The summed E-state index contributed by atoms with van der Waals surface area (Å²) in [6, 6.07) is 0.450. The van der Waals surface area contributed by atoms with Gasteiger partial charge in [-0.15, -0.1) is 0 Å². The highest BCUT2D eigenvalue weighted by atomic mass is 19.1. The van der Waals surface area contributed by atoms with Gasteiger partial charge in [-0.3, -0.25) is 5.32 Å². The predicted octanol–water partition coefficient (Wildman–Crippen LogP) is 5.12. The topological polar surface area (TPSA) is 12.0 Å². The third-order valence-corrected chi connectivity index (χ3v) is 6.57. The van der Waals surface area contributed by atoms with E-state index in [2.05, 4.69) is 25.6 Å². The minimum atomic E-state index is -0.766. The van der Waals surface area contributed by atoms with E-state index in [0.29, 0.717) is 12.0 Å². The molecule has 0 aromatic heterocycles. The van der Waals surface area contributed by atoms with Gasteiger partial charge in [0.1, 0.15) is 0 Å². The molecule has 0 aromatic rings. The number of hydrogen-bond donors (Lipinski definition) is 1. The quantitative estimate of drug-likeness (QED) is 0.697. The standard InChI is InChI=1S/C19H33FN/c1-13-3-7-15(8-4-13)17-11-12-18(21-19(17)20)16-9-5-14(2)6-10-16/h7,13-19,21H,3-6,8-12H2,1-2H3. The van der Waals surface area contributed by atoms with E-state index in [9.17, 15) is 4.39 Å². The van der Waals surface area contributed by atoms with Crippen LogP contribution in [0.3, 0.4) is 0 Å². The molecule has 0 amide bonds. The summed E-state index contributed by atoms with van der Waals surface area (Å²) in [4.78, 5) is 0. The molecule has 5 atom stereocenters. The lowest BCUT2D eigenvalue weighted by molar-refractivity contribution is 0.0453. The molecular weight excluding hydrogens is 261 g/mol. The van der Waals surface area contributed by atoms with Gasteiger partial charge in [0.2, 0.25) is 0 Å². The summed E-state index contributed by atoms with van der Waals surface area (Å²) in [6.45, 7) is 4.68. The van der Waals surface area contributed by atoms with Crippen molar-refractivity contribution in [2.45, 2.75) is 84.0 Å². The Labute approximate surface area is 130 Å². The molecule has 2 saturated carbocycles. The second kappa shape index (κ2) is 6.98. The molecule has 2 aliphatic carbocycles. The Morgan fingerprint density at radius 1 is 0.857 bits per heavy atom. The molecule has 3 fully saturated rings. The summed E-state index contributed by atoms with van der Waals surface area (Å²) in [5, 5.41) is 3.37. The zero-order chi connectivity index (χ0) is 14.8. The van der Waals surface area contributed by atoms with Gasteiger partial charge in [0.05, 0.1) is 0 Å². The van der Waals surface area contributed by atoms with Crippen molar-refractivity contribution in [1.29, 1.82) is 0 Å². The molecule has 1 nitrogen and oxygen atoms in total. The van der Waals surface area contributed by atoms with Crippen LogP contribution in [0.1, 0.15) is 71.6 Å². The van der Waals surface area contributed by atoms with E-state index in [1.165, 1.54) is 51.4 Å². The third-order valence-electron chi connectivity index (χ3n) is 6.57. The van der Waals surface area contributed by atoms with Crippen LogP contribution < -0.4 is 5.32 Å². The number of halogens is 1. The van der Waals surface area contributed by atoms with Gasteiger partial charge >= 0.3 is 0 Å². The number of alkyl halides is 1. The first-order chi connectivity index (χ1) is 10.1. The van der Waals surface area contributed by atoms with Gasteiger partial charge in [-0.2, -0.15) is 0 Å². The van der Waals surface area contributed by atoms with Crippen LogP contribution in [0.4, 0.5) is 4.39 Å². The fourth-order valence-corrected chi connectivity index (χ4v) is 4.93. The van der Waals surface area contributed by atoms with Crippen molar-refractivity contribution in [3.63, 3.8) is 0 Å². The maximum Gasteiger partial charge on any atom is 0.154 e. The molecule has 0 bridgehead atoms.